The van der Waals surface area contributed by atoms with Gasteiger partial charge in [0.1, 0.15) is 0 Å². The Morgan fingerprint density at radius 3 is 2.88 bits per heavy atom. The maximum atomic E-state index is 4.47. The van der Waals surface area contributed by atoms with Gasteiger partial charge in [-0.2, -0.15) is 5.10 Å². The van der Waals surface area contributed by atoms with E-state index < -0.39 is 0 Å². The van der Waals surface area contributed by atoms with Crippen LogP contribution in [-0.4, -0.2) is 15.8 Å². The van der Waals surface area contributed by atoms with Crippen LogP contribution in [0.2, 0.25) is 0 Å². The van der Waals surface area contributed by atoms with Crippen molar-refractivity contribution in [1.82, 2.24) is 9.78 Å². The molecule has 0 amide bonds. The maximum Gasteiger partial charge on any atom is 0.0853 e. The summed E-state index contributed by atoms with van der Waals surface area (Å²) in [5.74, 6) is 0.790. The Bertz CT molecular complexity index is 343. The van der Waals surface area contributed by atoms with Gasteiger partial charge in [-0.05, 0) is 25.2 Å². The van der Waals surface area contributed by atoms with Crippen LogP contribution in [-0.2, 0) is 13.5 Å². The smallest absolute Gasteiger partial charge is 0.0853 e. The zero-order valence-corrected chi connectivity index (χ0v) is 10.7. The van der Waals surface area contributed by atoms with E-state index in [0.717, 1.165) is 12.3 Å². The Hall–Kier alpha value is -0.990. The van der Waals surface area contributed by atoms with E-state index in [1.807, 2.05) is 11.7 Å². The van der Waals surface area contributed by atoms with Gasteiger partial charge in [-0.25, -0.2) is 0 Å². The van der Waals surface area contributed by atoms with Gasteiger partial charge in [0.05, 0.1) is 11.4 Å². The van der Waals surface area contributed by atoms with Crippen LogP contribution >= 0.6 is 0 Å². The Balaban J connectivity index is 2.06. The minimum atomic E-state index is 0.642. The summed E-state index contributed by atoms with van der Waals surface area (Å²) >= 11 is 0. The van der Waals surface area contributed by atoms with E-state index in [0.29, 0.717) is 6.04 Å². The Morgan fingerprint density at radius 2 is 2.19 bits per heavy atom. The summed E-state index contributed by atoms with van der Waals surface area (Å²) in [6.07, 6.45) is 8.54. The molecule has 90 valence electrons. The summed E-state index contributed by atoms with van der Waals surface area (Å²) in [7, 11) is 1.99. The SMILES string of the molecule is CCc1nn(C)cc1NC1CCCCC1C. The van der Waals surface area contributed by atoms with Gasteiger partial charge in [0, 0.05) is 19.3 Å². The highest BCUT2D eigenvalue weighted by Gasteiger charge is 2.22. The first-order chi connectivity index (χ1) is 7.70. The van der Waals surface area contributed by atoms with Gasteiger partial charge in [-0.15, -0.1) is 0 Å². The number of hydrogen-bond donors (Lipinski definition) is 1. The zero-order valence-electron chi connectivity index (χ0n) is 10.7. The van der Waals surface area contributed by atoms with Crippen LogP contribution in [0.25, 0.3) is 0 Å². The monoisotopic (exact) mass is 221 g/mol. The number of nitrogens with zero attached hydrogens (tertiary/aromatic N) is 2. The van der Waals surface area contributed by atoms with Crippen molar-refractivity contribution in [2.45, 2.75) is 52.0 Å². The topological polar surface area (TPSA) is 29.9 Å². The quantitative estimate of drug-likeness (QED) is 0.850. The van der Waals surface area contributed by atoms with E-state index in [1.165, 1.54) is 37.1 Å². The molecule has 1 saturated carbocycles. The summed E-state index contributed by atoms with van der Waals surface area (Å²) in [6, 6.07) is 0.642. The molecule has 2 unspecified atom stereocenters. The Labute approximate surface area is 98.2 Å². The van der Waals surface area contributed by atoms with Crippen LogP contribution in [0.3, 0.4) is 0 Å². The highest BCUT2D eigenvalue weighted by atomic mass is 15.3. The summed E-state index contributed by atoms with van der Waals surface area (Å²) in [5.41, 5.74) is 2.43. The standard InChI is InChI=1S/C13H23N3/c1-4-11-13(9-16(3)15-11)14-12-8-6-5-7-10(12)2/h9-10,12,14H,4-8H2,1-3H3. The number of nitrogens with one attached hydrogen (secondary N) is 1. The molecule has 1 aromatic rings. The zero-order chi connectivity index (χ0) is 11.5. The van der Waals surface area contributed by atoms with Gasteiger partial charge < -0.3 is 5.32 Å². The van der Waals surface area contributed by atoms with Crippen LogP contribution in [0.4, 0.5) is 5.69 Å². The molecule has 3 nitrogen and oxygen atoms in total. The van der Waals surface area contributed by atoms with E-state index in [9.17, 15) is 0 Å². The average Bonchev–Trinajstić information content (AvgIpc) is 2.62. The molecular weight excluding hydrogens is 198 g/mol. The molecule has 2 rings (SSSR count). The molecule has 0 saturated heterocycles. The molecule has 1 heterocycles. The number of aryl methyl sites for hydroxylation is 2. The lowest BCUT2D eigenvalue weighted by atomic mass is 9.86. The molecule has 1 N–H and O–H groups in total. The molecule has 0 bridgehead atoms. The molecule has 1 aromatic heterocycles. The largest absolute Gasteiger partial charge is 0.379 e. The van der Waals surface area contributed by atoms with Gasteiger partial charge in [0.2, 0.25) is 0 Å². The van der Waals surface area contributed by atoms with Gasteiger partial charge in [-0.3, -0.25) is 4.68 Å². The molecule has 16 heavy (non-hydrogen) atoms. The fourth-order valence-corrected chi connectivity index (χ4v) is 2.65. The molecule has 1 aliphatic carbocycles. The van der Waals surface area contributed by atoms with Crippen molar-refractivity contribution in [2.24, 2.45) is 13.0 Å². The lowest BCUT2D eigenvalue weighted by Crippen LogP contribution is -2.30. The first kappa shape index (κ1) is 11.5. The van der Waals surface area contributed by atoms with Crippen molar-refractivity contribution in [2.75, 3.05) is 5.32 Å². The van der Waals surface area contributed by atoms with Crippen LogP contribution in [0.1, 0.15) is 45.2 Å². The van der Waals surface area contributed by atoms with Crippen molar-refractivity contribution < 1.29 is 0 Å². The van der Waals surface area contributed by atoms with E-state index in [4.69, 9.17) is 0 Å². The second kappa shape index (κ2) is 4.89. The summed E-state index contributed by atoms with van der Waals surface area (Å²) in [5, 5.41) is 8.16. The highest BCUT2D eigenvalue weighted by molar-refractivity contribution is 5.47. The minimum absolute atomic E-state index is 0.642. The molecular formula is C13H23N3. The van der Waals surface area contributed by atoms with E-state index in [1.54, 1.807) is 0 Å². The third kappa shape index (κ3) is 2.39. The van der Waals surface area contributed by atoms with E-state index >= 15 is 0 Å². The molecule has 1 aliphatic rings. The van der Waals surface area contributed by atoms with Crippen LogP contribution in [0.15, 0.2) is 6.20 Å². The second-order valence-corrected chi connectivity index (χ2v) is 5.03. The molecule has 2 atom stereocenters. The van der Waals surface area contributed by atoms with Gasteiger partial charge >= 0.3 is 0 Å². The van der Waals surface area contributed by atoms with Crippen molar-refractivity contribution >= 4 is 5.69 Å². The van der Waals surface area contributed by atoms with Crippen LogP contribution in [0.5, 0.6) is 0 Å². The molecule has 0 aromatic carbocycles. The third-order valence-electron chi connectivity index (χ3n) is 3.69. The second-order valence-electron chi connectivity index (χ2n) is 5.03. The highest BCUT2D eigenvalue weighted by Crippen LogP contribution is 2.27. The number of anilines is 1. The molecule has 1 fully saturated rings. The average molecular weight is 221 g/mol. The van der Waals surface area contributed by atoms with E-state index in [2.05, 4.69) is 30.5 Å². The predicted octanol–water partition coefficient (Wildman–Crippen LogP) is 2.97. The van der Waals surface area contributed by atoms with Crippen LogP contribution < -0.4 is 5.32 Å². The Kier molecular flexibility index (Phi) is 3.52. The lowest BCUT2D eigenvalue weighted by molar-refractivity contribution is 0.349. The third-order valence-corrected chi connectivity index (χ3v) is 3.69. The minimum Gasteiger partial charge on any atom is -0.379 e. The number of aromatic nitrogens is 2. The first-order valence-electron chi connectivity index (χ1n) is 6.49. The van der Waals surface area contributed by atoms with Crippen LogP contribution in [0, 0.1) is 5.92 Å². The number of hydrogen-bond acceptors (Lipinski definition) is 2. The van der Waals surface area contributed by atoms with Gasteiger partial charge in [-0.1, -0.05) is 26.7 Å². The van der Waals surface area contributed by atoms with Crippen molar-refractivity contribution in [1.29, 1.82) is 0 Å². The molecule has 0 aliphatic heterocycles. The van der Waals surface area contributed by atoms with Crippen molar-refractivity contribution in [3.8, 4) is 0 Å². The molecule has 0 spiro atoms. The summed E-state index contributed by atoms with van der Waals surface area (Å²) in [4.78, 5) is 0. The fraction of sp³-hybridized carbons (Fsp3) is 0.769. The molecule has 3 heteroatoms. The first-order valence-corrected chi connectivity index (χ1v) is 6.49. The normalized spacial score (nSPS) is 25.7. The van der Waals surface area contributed by atoms with Crippen molar-refractivity contribution in [3.05, 3.63) is 11.9 Å². The van der Waals surface area contributed by atoms with E-state index in [-0.39, 0.29) is 0 Å². The molecule has 0 radical (unpaired) electrons. The lowest BCUT2D eigenvalue weighted by Gasteiger charge is -2.30. The number of rotatable bonds is 3. The Morgan fingerprint density at radius 1 is 1.44 bits per heavy atom. The summed E-state index contributed by atoms with van der Waals surface area (Å²) < 4.78 is 1.91. The maximum absolute atomic E-state index is 4.47. The van der Waals surface area contributed by atoms with Crippen molar-refractivity contribution in [3.63, 3.8) is 0 Å². The van der Waals surface area contributed by atoms with Gasteiger partial charge in [0.25, 0.3) is 0 Å². The summed E-state index contributed by atoms with van der Waals surface area (Å²) in [6.45, 7) is 4.52. The van der Waals surface area contributed by atoms with Gasteiger partial charge in [0.15, 0.2) is 0 Å². The fourth-order valence-electron chi connectivity index (χ4n) is 2.65. The predicted molar refractivity (Wildman–Crippen MR) is 67.6 cm³/mol.